The minimum absolute atomic E-state index is 0.0479. The second kappa shape index (κ2) is 8.01. The monoisotopic (exact) mass is 445 g/mol. The van der Waals surface area contributed by atoms with Gasteiger partial charge in [-0.25, -0.2) is 18.4 Å². The van der Waals surface area contributed by atoms with Crippen molar-refractivity contribution in [2.24, 2.45) is 0 Å². The van der Waals surface area contributed by atoms with Crippen LogP contribution in [0.3, 0.4) is 0 Å². The van der Waals surface area contributed by atoms with E-state index in [0.717, 1.165) is 34.3 Å². The van der Waals surface area contributed by atoms with Crippen LogP contribution >= 0.6 is 11.6 Å². The number of hydrogen-bond donors (Lipinski definition) is 1. The molecule has 0 saturated heterocycles. The highest BCUT2D eigenvalue weighted by Gasteiger charge is 2.41. The van der Waals surface area contributed by atoms with Crippen molar-refractivity contribution in [3.05, 3.63) is 76.5 Å². The van der Waals surface area contributed by atoms with Gasteiger partial charge in [0.15, 0.2) is 0 Å². The number of hydrogen-bond acceptors (Lipinski definition) is 4. The summed E-state index contributed by atoms with van der Waals surface area (Å²) in [5.74, 6) is -1.56. The lowest BCUT2D eigenvalue weighted by Crippen LogP contribution is -2.41. The molecule has 0 aliphatic heterocycles. The first-order chi connectivity index (χ1) is 14.7. The molecule has 0 aliphatic rings. The fraction of sp³-hybridized carbons (Fsp3) is 0.318. The van der Waals surface area contributed by atoms with Crippen LogP contribution in [-0.2, 0) is 18.6 Å². The number of aromatic nitrogens is 5. The average molecular weight is 446 g/mol. The fourth-order valence-corrected chi connectivity index (χ4v) is 4.37. The van der Waals surface area contributed by atoms with Crippen LogP contribution in [0.5, 0.6) is 0 Å². The van der Waals surface area contributed by atoms with Crippen molar-refractivity contribution in [1.29, 1.82) is 0 Å². The van der Waals surface area contributed by atoms with E-state index in [-0.39, 0.29) is 12.1 Å². The molecule has 4 aromatic rings. The van der Waals surface area contributed by atoms with Crippen molar-refractivity contribution in [3.63, 3.8) is 0 Å². The van der Waals surface area contributed by atoms with Gasteiger partial charge in [-0.3, -0.25) is 4.68 Å². The molecule has 2 heterocycles. The molecule has 0 unspecified atom stereocenters. The van der Waals surface area contributed by atoms with Crippen LogP contribution < -0.4 is 0 Å². The van der Waals surface area contributed by atoms with Gasteiger partial charge in [0, 0.05) is 27.7 Å². The molecular formula is C22H22ClF2N5O. The lowest BCUT2D eigenvalue weighted by Gasteiger charge is -2.35. The Balaban J connectivity index is 1.92. The summed E-state index contributed by atoms with van der Waals surface area (Å²) < 4.78 is 31.6. The molecular weight excluding hydrogens is 424 g/mol. The predicted octanol–water partition coefficient (Wildman–Crippen LogP) is 4.58. The highest BCUT2D eigenvalue weighted by Crippen LogP contribution is 2.39. The molecule has 0 bridgehead atoms. The average Bonchev–Trinajstić information content (AvgIpc) is 3.34. The molecule has 0 spiro atoms. The number of nitrogens with zero attached hydrogens (tertiary/aromatic N) is 5. The molecule has 0 saturated carbocycles. The molecule has 2 aromatic heterocycles. The first-order valence-electron chi connectivity index (χ1n) is 9.92. The summed E-state index contributed by atoms with van der Waals surface area (Å²) >= 11 is 6.27. The summed E-state index contributed by atoms with van der Waals surface area (Å²) in [5.41, 5.74) is 0.669. The van der Waals surface area contributed by atoms with Gasteiger partial charge in [0.2, 0.25) is 0 Å². The smallest absolute Gasteiger partial charge is 0.137 e. The molecule has 1 N–H and O–H groups in total. The Hall–Kier alpha value is -2.84. The number of benzene rings is 2. The summed E-state index contributed by atoms with van der Waals surface area (Å²) in [6, 6.07) is 6.09. The zero-order valence-corrected chi connectivity index (χ0v) is 18.1. The van der Waals surface area contributed by atoms with E-state index in [4.69, 9.17) is 16.7 Å². The lowest BCUT2D eigenvalue weighted by molar-refractivity contribution is -0.0374. The fourth-order valence-electron chi connectivity index (χ4n) is 4.10. The molecule has 2 aromatic carbocycles. The van der Waals surface area contributed by atoms with Crippen molar-refractivity contribution in [1.82, 2.24) is 24.5 Å². The van der Waals surface area contributed by atoms with E-state index < -0.39 is 23.3 Å². The van der Waals surface area contributed by atoms with Crippen molar-refractivity contribution in [3.8, 4) is 0 Å². The number of aliphatic hydroxyl groups is 1. The Bertz CT molecular complexity index is 1240. The summed E-state index contributed by atoms with van der Waals surface area (Å²) in [4.78, 5) is 3.91. The first kappa shape index (κ1) is 21.4. The van der Waals surface area contributed by atoms with Crippen LogP contribution in [0.4, 0.5) is 8.78 Å². The quantitative estimate of drug-likeness (QED) is 0.471. The Kier molecular flexibility index (Phi) is 5.53. The number of fused-ring (bicyclic) bond motifs is 1. The minimum atomic E-state index is -1.80. The molecule has 2 atom stereocenters. The van der Waals surface area contributed by atoms with Crippen LogP contribution in [0, 0.1) is 18.6 Å². The maximum atomic E-state index is 14.9. The van der Waals surface area contributed by atoms with Gasteiger partial charge in [-0.2, -0.15) is 10.2 Å². The van der Waals surface area contributed by atoms with E-state index in [1.165, 1.54) is 23.4 Å². The van der Waals surface area contributed by atoms with Gasteiger partial charge >= 0.3 is 0 Å². The third kappa shape index (κ3) is 3.70. The molecule has 4 rings (SSSR count). The molecule has 6 nitrogen and oxygen atoms in total. The molecule has 0 radical (unpaired) electrons. The molecule has 31 heavy (non-hydrogen) atoms. The highest BCUT2D eigenvalue weighted by molar-refractivity contribution is 6.31. The third-order valence-electron chi connectivity index (χ3n) is 5.72. The summed E-state index contributed by atoms with van der Waals surface area (Å²) in [6.07, 6.45) is 3.38. The Labute approximate surface area is 183 Å². The van der Waals surface area contributed by atoms with E-state index in [1.807, 2.05) is 26.0 Å². The van der Waals surface area contributed by atoms with Crippen LogP contribution in [0.15, 0.2) is 43.0 Å². The summed E-state index contributed by atoms with van der Waals surface area (Å²) in [5, 5.41) is 22.2. The predicted molar refractivity (Wildman–Crippen MR) is 114 cm³/mol. The van der Waals surface area contributed by atoms with Gasteiger partial charge in [-0.15, -0.1) is 0 Å². The van der Waals surface area contributed by atoms with Crippen LogP contribution in [-0.4, -0.2) is 29.7 Å². The van der Waals surface area contributed by atoms with Crippen LogP contribution in [0.1, 0.15) is 36.7 Å². The maximum absolute atomic E-state index is 14.9. The van der Waals surface area contributed by atoms with Crippen molar-refractivity contribution in [2.45, 2.75) is 45.4 Å². The number of rotatable bonds is 6. The van der Waals surface area contributed by atoms with E-state index in [9.17, 15) is 13.9 Å². The molecule has 0 fully saturated rings. The van der Waals surface area contributed by atoms with E-state index >= 15 is 0 Å². The van der Waals surface area contributed by atoms with Gasteiger partial charge in [0.25, 0.3) is 0 Å². The summed E-state index contributed by atoms with van der Waals surface area (Å²) in [7, 11) is 0. The second-order valence-corrected chi connectivity index (χ2v) is 8.12. The van der Waals surface area contributed by atoms with Crippen molar-refractivity contribution >= 4 is 22.5 Å². The molecule has 0 aliphatic carbocycles. The zero-order chi connectivity index (χ0) is 22.3. The van der Waals surface area contributed by atoms with Gasteiger partial charge in [0.05, 0.1) is 18.1 Å². The van der Waals surface area contributed by atoms with Gasteiger partial charge in [-0.1, -0.05) is 24.6 Å². The minimum Gasteiger partial charge on any atom is -0.381 e. The number of aryl methyl sites for hydroxylation is 2. The largest absolute Gasteiger partial charge is 0.381 e. The van der Waals surface area contributed by atoms with E-state index in [2.05, 4.69) is 10.1 Å². The second-order valence-electron chi connectivity index (χ2n) is 7.68. The van der Waals surface area contributed by atoms with E-state index in [1.54, 1.807) is 11.6 Å². The van der Waals surface area contributed by atoms with Crippen LogP contribution in [0.25, 0.3) is 10.9 Å². The molecule has 9 heteroatoms. The van der Waals surface area contributed by atoms with Crippen LogP contribution in [0.2, 0.25) is 5.02 Å². The zero-order valence-electron chi connectivity index (χ0n) is 17.4. The molecule has 0 amide bonds. The topological polar surface area (TPSA) is 68.8 Å². The SMILES string of the molecule is CCc1c2cc(Cl)cc(C)c2nn1[C@H](C)[C@](O)(Cn1cncn1)c1ccc(F)cc1F. The standard InChI is InChI=1S/C22H22ClF2N5O/c1-4-20-17-8-15(23)7-13(2)21(17)28-30(20)14(3)22(31,10-29-12-26-11-27-29)18-6-5-16(24)9-19(18)25/h5-9,11-12,14,31H,4,10H2,1-3H3/t14-,22-/m1/s1. The molecule has 162 valence electrons. The van der Waals surface area contributed by atoms with Gasteiger partial charge in [-0.05, 0) is 44.0 Å². The van der Waals surface area contributed by atoms with Crippen molar-refractivity contribution in [2.75, 3.05) is 0 Å². The number of halogens is 3. The normalized spacial score (nSPS) is 14.7. The maximum Gasteiger partial charge on any atom is 0.137 e. The summed E-state index contributed by atoms with van der Waals surface area (Å²) in [6.45, 7) is 5.54. The Morgan fingerprint density at radius 3 is 2.65 bits per heavy atom. The highest BCUT2D eigenvalue weighted by atomic mass is 35.5. The van der Waals surface area contributed by atoms with Gasteiger partial charge in [0.1, 0.15) is 29.9 Å². The van der Waals surface area contributed by atoms with Crippen molar-refractivity contribution < 1.29 is 13.9 Å². The first-order valence-corrected chi connectivity index (χ1v) is 10.3. The Morgan fingerprint density at radius 2 is 2.00 bits per heavy atom. The lowest BCUT2D eigenvalue weighted by atomic mass is 9.86. The Morgan fingerprint density at radius 1 is 1.23 bits per heavy atom. The third-order valence-corrected chi connectivity index (χ3v) is 5.94. The van der Waals surface area contributed by atoms with E-state index in [0.29, 0.717) is 11.4 Å². The van der Waals surface area contributed by atoms with Gasteiger partial charge < -0.3 is 5.11 Å².